The van der Waals surface area contributed by atoms with Crippen LogP contribution in [0.3, 0.4) is 0 Å². The van der Waals surface area contributed by atoms with Gasteiger partial charge < -0.3 is 14.7 Å². The van der Waals surface area contributed by atoms with Gasteiger partial charge in [0.05, 0.1) is 19.0 Å². The molecule has 112 valence electrons. The molecule has 20 heavy (non-hydrogen) atoms. The number of aromatic nitrogens is 2. The number of carboxylic acid groups (broad SMARTS) is 1. The molecule has 1 N–H and O–H groups in total. The third kappa shape index (κ3) is 5.42. The molecule has 0 fully saturated rings. The van der Waals surface area contributed by atoms with E-state index in [0.717, 1.165) is 12.2 Å². The van der Waals surface area contributed by atoms with E-state index in [9.17, 15) is 4.79 Å². The molecule has 6 heteroatoms. The van der Waals surface area contributed by atoms with Gasteiger partial charge in [-0.25, -0.2) is 0 Å². The average Bonchev–Trinajstić information content (AvgIpc) is 2.41. The maximum Gasteiger partial charge on any atom is 0.303 e. The quantitative estimate of drug-likeness (QED) is 0.748. The Bertz CT molecular complexity index is 424. The highest BCUT2D eigenvalue weighted by atomic mass is 16.5. The third-order valence-electron chi connectivity index (χ3n) is 2.76. The van der Waals surface area contributed by atoms with Gasteiger partial charge in [0.1, 0.15) is 0 Å². The van der Waals surface area contributed by atoms with Crippen LogP contribution in [0.1, 0.15) is 40.0 Å². The molecule has 0 atom stereocenters. The van der Waals surface area contributed by atoms with Gasteiger partial charge in [-0.3, -0.25) is 9.78 Å². The monoisotopic (exact) mass is 281 g/mol. The Labute approximate surface area is 119 Å². The molecule has 0 spiro atoms. The second-order valence-corrected chi connectivity index (χ2v) is 4.85. The zero-order valence-electron chi connectivity index (χ0n) is 12.4. The largest absolute Gasteiger partial charge is 0.481 e. The van der Waals surface area contributed by atoms with Crippen LogP contribution in [0, 0.1) is 0 Å². The molecule has 6 nitrogen and oxygen atoms in total. The number of hydrogen-bond donors (Lipinski definition) is 1. The Balaban J connectivity index is 2.72. The molecular weight excluding hydrogens is 258 g/mol. The molecular formula is C14H23N3O3. The summed E-state index contributed by atoms with van der Waals surface area (Å²) in [5.74, 6) is 0.451. The Morgan fingerprint density at radius 2 is 2.20 bits per heavy atom. The van der Waals surface area contributed by atoms with E-state index in [1.165, 1.54) is 0 Å². The molecule has 0 unspecified atom stereocenters. The summed E-state index contributed by atoms with van der Waals surface area (Å²) in [5.41, 5.74) is 0. The van der Waals surface area contributed by atoms with Crippen LogP contribution < -0.4 is 9.64 Å². The van der Waals surface area contributed by atoms with Crippen molar-refractivity contribution in [2.75, 3.05) is 18.1 Å². The minimum absolute atomic E-state index is 0.155. The fraction of sp³-hybridized carbons (Fsp3) is 0.643. The first kappa shape index (κ1) is 16.2. The molecule has 0 aromatic carbocycles. The van der Waals surface area contributed by atoms with Crippen molar-refractivity contribution in [1.29, 1.82) is 0 Å². The first-order chi connectivity index (χ1) is 9.54. The summed E-state index contributed by atoms with van der Waals surface area (Å²) in [6.07, 6.45) is 4.92. The number of aliphatic carboxylic acids is 1. The second kappa shape index (κ2) is 8.35. The van der Waals surface area contributed by atoms with Gasteiger partial charge in [0.15, 0.2) is 5.82 Å². The number of ether oxygens (including phenoxy) is 1. The summed E-state index contributed by atoms with van der Waals surface area (Å²) in [6, 6.07) is 0.222. The van der Waals surface area contributed by atoms with Gasteiger partial charge in [0.25, 0.3) is 0 Å². The third-order valence-corrected chi connectivity index (χ3v) is 2.76. The van der Waals surface area contributed by atoms with Crippen molar-refractivity contribution in [2.24, 2.45) is 0 Å². The molecule has 0 bridgehead atoms. The normalized spacial score (nSPS) is 10.6. The summed E-state index contributed by atoms with van der Waals surface area (Å²) in [7, 11) is 0. The van der Waals surface area contributed by atoms with Crippen LogP contribution in [0.15, 0.2) is 12.4 Å². The number of hydrogen-bond acceptors (Lipinski definition) is 5. The Morgan fingerprint density at radius 1 is 1.45 bits per heavy atom. The van der Waals surface area contributed by atoms with E-state index in [4.69, 9.17) is 9.84 Å². The maximum absolute atomic E-state index is 10.6. The number of anilines is 1. The Kier molecular flexibility index (Phi) is 6.76. The SMILES string of the molecule is CCCOc1cncc(N(CCCC(=O)O)C(C)C)n1. The van der Waals surface area contributed by atoms with Crippen molar-refractivity contribution in [3.8, 4) is 5.88 Å². The number of carboxylic acids is 1. The number of nitrogens with zero attached hydrogens (tertiary/aromatic N) is 3. The minimum Gasteiger partial charge on any atom is -0.481 e. The maximum atomic E-state index is 10.6. The molecule has 0 saturated heterocycles. The molecule has 0 radical (unpaired) electrons. The van der Waals surface area contributed by atoms with Crippen LogP contribution >= 0.6 is 0 Å². The summed E-state index contributed by atoms with van der Waals surface area (Å²) >= 11 is 0. The lowest BCUT2D eigenvalue weighted by atomic mass is 10.2. The van der Waals surface area contributed by atoms with E-state index in [1.54, 1.807) is 12.4 Å². The molecule has 0 aliphatic rings. The van der Waals surface area contributed by atoms with E-state index in [0.29, 0.717) is 25.5 Å². The van der Waals surface area contributed by atoms with E-state index >= 15 is 0 Å². The van der Waals surface area contributed by atoms with Gasteiger partial charge in [-0.15, -0.1) is 0 Å². The number of carbonyl (C=O) groups is 1. The van der Waals surface area contributed by atoms with Gasteiger partial charge in [-0.2, -0.15) is 4.98 Å². The summed E-state index contributed by atoms with van der Waals surface area (Å²) in [4.78, 5) is 21.2. The molecule has 0 amide bonds. The van der Waals surface area contributed by atoms with Crippen molar-refractivity contribution < 1.29 is 14.6 Å². The number of rotatable bonds is 9. The van der Waals surface area contributed by atoms with E-state index in [2.05, 4.69) is 9.97 Å². The molecule has 1 aromatic rings. The van der Waals surface area contributed by atoms with Crippen molar-refractivity contribution in [3.05, 3.63) is 12.4 Å². The van der Waals surface area contributed by atoms with Crippen molar-refractivity contribution in [3.63, 3.8) is 0 Å². The molecule has 0 aliphatic heterocycles. The van der Waals surface area contributed by atoms with Crippen LogP contribution in [0.4, 0.5) is 5.82 Å². The molecule has 0 saturated carbocycles. The summed E-state index contributed by atoms with van der Waals surface area (Å²) < 4.78 is 5.47. The Hall–Kier alpha value is -1.85. The van der Waals surface area contributed by atoms with Crippen molar-refractivity contribution in [2.45, 2.75) is 46.1 Å². The Morgan fingerprint density at radius 3 is 2.80 bits per heavy atom. The van der Waals surface area contributed by atoms with Crippen LogP contribution in [0.5, 0.6) is 5.88 Å². The topological polar surface area (TPSA) is 75.5 Å². The molecule has 1 aromatic heterocycles. The predicted octanol–water partition coefficient (Wildman–Crippen LogP) is 2.35. The molecule has 0 aliphatic carbocycles. The lowest BCUT2D eigenvalue weighted by Gasteiger charge is -2.27. The lowest BCUT2D eigenvalue weighted by molar-refractivity contribution is -0.137. The highest BCUT2D eigenvalue weighted by Crippen LogP contribution is 2.17. The first-order valence-electron chi connectivity index (χ1n) is 6.97. The first-order valence-corrected chi connectivity index (χ1v) is 6.97. The predicted molar refractivity (Wildman–Crippen MR) is 77.2 cm³/mol. The van der Waals surface area contributed by atoms with Crippen LogP contribution in [0.2, 0.25) is 0 Å². The van der Waals surface area contributed by atoms with Crippen LogP contribution in [-0.4, -0.2) is 40.2 Å². The lowest BCUT2D eigenvalue weighted by Crippen LogP contribution is -2.33. The van der Waals surface area contributed by atoms with Gasteiger partial charge in [0, 0.05) is 19.0 Å². The summed E-state index contributed by atoms with van der Waals surface area (Å²) in [6.45, 7) is 7.36. The van der Waals surface area contributed by atoms with Crippen LogP contribution in [-0.2, 0) is 4.79 Å². The van der Waals surface area contributed by atoms with Gasteiger partial charge >= 0.3 is 5.97 Å². The van der Waals surface area contributed by atoms with E-state index in [-0.39, 0.29) is 12.5 Å². The second-order valence-electron chi connectivity index (χ2n) is 4.85. The highest BCUT2D eigenvalue weighted by Gasteiger charge is 2.13. The fourth-order valence-electron chi connectivity index (χ4n) is 1.79. The standard InChI is InChI=1S/C14H23N3O3/c1-4-8-20-13-10-15-9-12(16-13)17(11(2)3)7-5-6-14(18)19/h9-11H,4-8H2,1-3H3,(H,18,19). The zero-order valence-corrected chi connectivity index (χ0v) is 12.4. The zero-order chi connectivity index (χ0) is 15.0. The van der Waals surface area contributed by atoms with Gasteiger partial charge in [-0.1, -0.05) is 6.92 Å². The highest BCUT2D eigenvalue weighted by molar-refractivity contribution is 5.66. The molecule has 1 heterocycles. The fourth-order valence-corrected chi connectivity index (χ4v) is 1.79. The van der Waals surface area contributed by atoms with Crippen LogP contribution in [0.25, 0.3) is 0 Å². The van der Waals surface area contributed by atoms with E-state index < -0.39 is 5.97 Å². The minimum atomic E-state index is -0.778. The van der Waals surface area contributed by atoms with E-state index in [1.807, 2.05) is 25.7 Å². The summed E-state index contributed by atoms with van der Waals surface area (Å²) in [5, 5.41) is 8.71. The van der Waals surface area contributed by atoms with Crippen molar-refractivity contribution in [1.82, 2.24) is 9.97 Å². The average molecular weight is 281 g/mol. The molecule has 1 rings (SSSR count). The smallest absolute Gasteiger partial charge is 0.303 e. The van der Waals surface area contributed by atoms with Gasteiger partial charge in [-0.05, 0) is 26.7 Å². The van der Waals surface area contributed by atoms with Gasteiger partial charge in [0.2, 0.25) is 5.88 Å². The van der Waals surface area contributed by atoms with Crippen molar-refractivity contribution >= 4 is 11.8 Å².